The van der Waals surface area contributed by atoms with E-state index in [0.29, 0.717) is 17.4 Å². The molecule has 0 fully saturated rings. The molecule has 0 atom stereocenters. The fourth-order valence-electron chi connectivity index (χ4n) is 3.34. The number of anilines is 3. The molecular weight excluding hydrogens is 538 g/mol. The van der Waals surface area contributed by atoms with E-state index in [4.69, 9.17) is 22.9 Å². The summed E-state index contributed by atoms with van der Waals surface area (Å²) in [6, 6.07) is 5.21. The molecule has 0 bridgehead atoms. The number of hydrogen-bond acceptors (Lipinski definition) is 11. The molecule has 0 spiro atoms. The summed E-state index contributed by atoms with van der Waals surface area (Å²) < 4.78 is 0. The molecular formula is C24H29N11O6. The van der Waals surface area contributed by atoms with Crippen LogP contribution in [0.3, 0.4) is 0 Å². The summed E-state index contributed by atoms with van der Waals surface area (Å²) in [6.07, 6.45) is 5.71. The summed E-state index contributed by atoms with van der Waals surface area (Å²) in [6.45, 7) is 0.610. The number of hydrogen-bond donors (Lipinski definition) is 7. The number of nitrogens with two attached hydrogens (primary N) is 4. The van der Waals surface area contributed by atoms with Crippen molar-refractivity contribution in [1.82, 2.24) is 9.97 Å². The van der Waals surface area contributed by atoms with Crippen molar-refractivity contribution in [2.75, 3.05) is 22.5 Å². The maximum Gasteiger partial charge on any atom is 0.335 e. The monoisotopic (exact) mass is 567 g/mol. The van der Waals surface area contributed by atoms with E-state index in [1.54, 1.807) is 18.2 Å². The molecule has 1 aromatic heterocycles. The molecule has 1 heterocycles. The molecule has 1 aliphatic rings. The average molecular weight is 568 g/mol. The number of nitrogens with one attached hydrogen (secondary N) is 3. The molecule has 17 heteroatoms. The van der Waals surface area contributed by atoms with E-state index in [1.807, 2.05) is 12.2 Å². The number of amides is 2. The van der Waals surface area contributed by atoms with Crippen LogP contribution in [0.2, 0.25) is 0 Å². The molecule has 2 amide bonds. The highest BCUT2D eigenvalue weighted by molar-refractivity contribution is 6.02. The van der Waals surface area contributed by atoms with Gasteiger partial charge in [0.1, 0.15) is 5.82 Å². The number of nitrogens with zero attached hydrogens (tertiary/aromatic N) is 4. The van der Waals surface area contributed by atoms with Crippen molar-refractivity contribution >= 4 is 64.0 Å². The molecule has 0 saturated heterocycles. The first kappa shape index (κ1) is 29.8. The lowest BCUT2D eigenvalue weighted by Gasteiger charge is -2.13. The minimum absolute atomic E-state index is 0.0745. The molecule has 17 nitrogen and oxygen atoms in total. The number of carbonyl (C=O) groups is 4. The summed E-state index contributed by atoms with van der Waals surface area (Å²) in [5.41, 5.74) is 22.7. The first-order chi connectivity index (χ1) is 19.6. The van der Waals surface area contributed by atoms with Gasteiger partial charge in [0.25, 0.3) is 0 Å². The van der Waals surface area contributed by atoms with E-state index >= 15 is 0 Å². The van der Waals surface area contributed by atoms with Gasteiger partial charge in [-0.3, -0.25) is 14.9 Å². The molecule has 2 aromatic rings. The fourth-order valence-corrected chi connectivity index (χ4v) is 3.34. The Kier molecular flexibility index (Phi) is 10.5. The van der Waals surface area contributed by atoms with Gasteiger partial charge in [-0.25, -0.2) is 14.6 Å². The number of oxime groups is 2. The van der Waals surface area contributed by atoms with Gasteiger partial charge in [-0.2, -0.15) is 4.98 Å². The number of benzene rings is 1. The van der Waals surface area contributed by atoms with Gasteiger partial charge < -0.3 is 43.2 Å². The van der Waals surface area contributed by atoms with Crippen molar-refractivity contribution in [3.63, 3.8) is 0 Å². The Morgan fingerprint density at radius 1 is 0.854 bits per heavy atom. The highest BCUT2D eigenvalue weighted by Gasteiger charge is 2.16. The van der Waals surface area contributed by atoms with E-state index in [2.05, 4.69) is 52.0 Å². The maximum absolute atomic E-state index is 12.6. The summed E-state index contributed by atoms with van der Waals surface area (Å²) in [5.74, 6) is -3.79. The van der Waals surface area contributed by atoms with E-state index in [1.165, 1.54) is 5.57 Å². The Hall–Kier alpha value is -5.74. The summed E-state index contributed by atoms with van der Waals surface area (Å²) in [4.78, 5) is 65.9. The normalized spacial score (nSPS) is 11.7. The van der Waals surface area contributed by atoms with Crippen LogP contribution in [0.15, 0.2) is 52.3 Å². The van der Waals surface area contributed by atoms with E-state index in [-0.39, 0.29) is 37.4 Å². The third-order valence-corrected chi connectivity index (χ3v) is 5.19. The Labute approximate surface area is 233 Å². The summed E-state index contributed by atoms with van der Waals surface area (Å²) in [7, 11) is 0. The Bertz CT molecular complexity index is 1440. The lowest BCUT2D eigenvalue weighted by Crippen LogP contribution is -2.23. The predicted molar refractivity (Wildman–Crippen MR) is 149 cm³/mol. The van der Waals surface area contributed by atoms with Crippen molar-refractivity contribution in [3.8, 4) is 0 Å². The molecule has 0 unspecified atom stereocenters. The van der Waals surface area contributed by atoms with Crippen LogP contribution >= 0.6 is 0 Å². The van der Waals surface area contributed by atoms with Crippen molar-refractivity contribution in [2.45, 2.75) is 32.1 Å². The molecule has 3 rings (SSSR count). The van der Waals surface area contributed by atoms with Crippen LogP contribution in [-0.4, -0.2) is 52.2 Å². The number of allylic oxidation sites excluding steroid dienone is 3. The van der Waals surface area contributed by atoms with Crippen molar-refractivity contribution in [1.29, 1.82) is 0 Å². The van der Waals surface area contributed by atoms with Crippen LogP contribution in [0.4, 0.5) is 17.5 Å². The quantitative estimate of drug-likeness (QED) is 0.0717. The van der Waals surface area contributed by atoms with Gasteiger partial charge in [0, 0.05) is 30.5 Å². The lowest BCUT2D eigenvalue weighted by atomic mass is 10.2. The second-order valence-corrected chi connectivity index (χ2v) is 8.49. The minimum atomic E-state index is -0.830. The highest BCUT2D eigenvalue weighted by Crippen LogP contribution is 2.26. The fraction of sp³-hybridized carbons (Fsp3) is 0.250. The Morgan fingerprint density at radius 2 is 1.49 bits per heavy atom. The number of rotatable bonds is 13. The van der Waals surface area contributed by atoms with Gasteiger partial charge in [0.2, 0.25) is 29.7 Å². The Morgan fingerprint density at radius 3 is 2.07 bits per heavy atom. The van der Waals surface area contributed by atoms with E-state index < -0.39 is 35.7 Å². The van der Waals surface area contributed by atoms with E-state index in [0.717, 1.165) is 12.1 Å². The van der Waals surface area contributed by atoms with Crippen LogP contribution in [0, 0.1) is 0 Å². The van der Waals surface area contributed by atoms with Crippen LogP contribution in [-0.2, 0) is 28.9 Å². The molecule has 1 aliphatic carbocycles. The highest BCUT2D eigenvalue weighted by atomic mass is 16.7. The van der Waals surface area contributed by atoms with Crippen molar-refractivity contribution < 1.29 is 28.9 Å². The maximum atomic E-state index is 12.6. The molecule has 0 saturated carbocycles. The minimum Gasteiger partial charge on any atom is -0.381 e. The Balaban J connectivity index is 1.75. The zero-order valence-corrected chi connectivity index (χ0v) is 21.8. The van der Waals surface area contributed by atoms with Crippen LogP contribution < -0.4 is 38.9 Å². The molecule has 1 aromatic carbocycles. The topological polar surface area (TPSA) is 277 Å². The number of aromatic nitrogens is 2. The number of guanidine groups is 2. The second-order valence-electron chi connectivity index (χ2n) is 8.49. The molecule has 0 radical (unpaired) electrons. The van der Waals surface area contributed by atoms with Crippen LogP contribution in [0.5, 0.6) is 0 Å². The third-order valence-electron chi connectivity index (χ3n) is 5.19. The average Bonchev–Trinajstić information content (AvgIpc) is 3.45. The number of carbonyl (C=O) groups excluding carboxylic acids is 4. The van der Waals surface area contributed by atoms with Crippen LogP contribution in [0.25, 0.3) is 10.9 Å². The second kappa shape index (κ2) is 14.4. The van der Waals surface area contributed by atoms with Gasteiger partial charge in [-0.15, -0.1) is 0 Å². The van der Waals surface area contributed by atoms with Gasteiger partial charge >= 0.3 is 11.9 Å². The number of fused-ring (bicyclic) bond motifs is 1. The SMILES string of the molecule is NC(N)=NOC(=O)CCC(=O)Nc1nc(NC(=O)CCC(=O)ON=C(N)N)c2cc(NCC3=CC=CC3)ccc2n1. The first-order valence-corrected chi connectivity index (χ1v) is 12.2. The largest absolute Gasteiger partial charge is 0.381 e. The van der Waals surface area contributed by atoms with E-state index in [9.17, 15) is 19.2 Å². The van der Waals surface area contributed by atoms with Gasteiger partial charge in [0.15, 0.2) is 0 Å². The third kappa shape index (κ3) is 10.2. The smallest absolute Gasteiger partial charge is 0.335 e. The molecule has 11 N–H and O–H groups in total. The zero-order chi connectivity index (χ0) is 29.8. The zero-order valence-electron chi connectivity index (χ0n) is 21.8. The predicted octanol–water partition coefficient (Wildman–Crippen LogP) is -0.171. The molecule has 41 heavy (non-hydrogen) atoms. The van der Waals surface area contributed by atoms with Crippen molar-refractivity contribution in [2.24, 2.45) is 33.2 Å². The standard InChI is InChI=1S/C24H29N11O6/c25-22(26)34-40-19(38)9-7-17(36)31-21-15-11-14(29-12-13-3-1-2-4-13)5-6-16(15)30-24(33-21)32-18(37)8-10-20(39)41-35-23(27)28/h1-3,5-6,11,29H,4,7-10,12H2,(H4,25,26,34)(H4,27,28,35)(H2,30,31,32,33,36,37). The van der Waals surface area contributed by atoms with Gasteiger partial charge in [0.05, 0.1) is 18.4 Å². The van der Waals surface area contributed by atoms with Gasteiger partial charge in [-0.05, 0) is 40.5 Å². The van der Waals surface area contributed by atoms with Crippen molar-refractivity contribution in [3.05, 3.63) is 42.0 Å². The van der Waals surface area contributed by atoms with Crippen LogP contribution in [0.1, 0.15) is 32.1 Å². The first-order valence-electron chi connectivity index (χ1n) is 12.2. The lowest BCUT2D eigenvalue weighted by molar-refractivity contribution is -0.145. The molecule has 0 aliphatic heterocycles. The summed E-state index contributed by atoms with van der Waals surface area (Å²) >= 11 is 0. The van der Waals surface area contributed by atoms with Gasteiger partial charge in [-0.1, -0.05) is 18.2 Å². The summed E-state index contributed by atoms with van der Waals surface area (Å²) in [5, 5.41) is 15.1. The molecule has 216 valence electrons.